The lowest BCUT2D eigenvalue weighted by molar-refractivity contribution is -0.385. The number of nitro benzene ring substituents is 1. The molecule has 0 spiro atoms. The summed E-state index contributed by atoms with van der Waals surface area (Å²) in [5, 5.41) is 14.0. The number of nitro groups is 1. The van der Waals surface area contributed by atoms with E-state index in [4.69, 9.17) is 5.73 Å². The molecule has 2 fully saturated rings. The quantitative estimate of drug-likeness (QED) is 0.641. The van der Waals surface area contributed by atoms with Gasteiger partial charge in [0.1, 0.15) is 11.4 Å². The van der Waals surface area contributed by atoms with E-state index in [1.54, 1.807) is 0 Å². The van der Waals surface area contributed by atoms with Crippen molar-refractivity contribution in [1.29, 1.82) is 0 Å². The second-order valence-electron chi connectivity index (χ2n) is 6.60. The fraction of sp³-hybridized carbons (Fsp3) is 0.562. The van der Waals surface area contributed by atoms with Crippen LogP contribution in [0.25, 0.3) is 0 Å². The molecule has 2 saturated carbocycles. The second-order valence-corrected chi connectivity index (χ2v) is 6.60. The van der Waals surface area contributed by atoms with Crippen molar-refractivity contribution >= 4 is 24.0 Å². The van der Waals surface area contributed by atoms with Crippen molar-refractivity contribution in [2.75, 3.05) is 0 Å². The molecule has 1 aromatic rings. The molecule has 0 aromatic heterocycles. The van der Waals surface area contributed by atoms with Crippen LogP contribution in [0.1, 0.15) is 42.5 Å². The number of halogens is 2. The normalized spacial score (nSPS) is 28.6. The number of nitrogens with one attached hydrogen (secondary N) is 1. The van der Waals surface area contributed by atoms with Crippen molar-refractivity contribution in [2.45, 2.75) is 44.2 Å². The molecule has 0 aliphatic heterocycles. The molecule has 132 valence electrons. The van der Waals surface area contributed by atoms with Gasteiger partial charge in [0.05, 0.1) is 11.0 Å². The van der Waals surface area contributed by atoms with E-state index in [-0.39, 0.29) is 30.1 Å². The predicted octanol–water partition coefficient (Wildman–Crippen LogP) is 2.79. The van der Waals surface area contributed by atoms with Gasteiger partial charge in [-0.05, 0) is 49.7 Å². The summed E-state index contributed by atoms with van der Waals surface area (Å²) in [6.45, 7) is 0. The van der Waals surface area contributed by atoms with Crippen LogP contribution in [0.2, 0.25) is 0 Å². The summed E-state index contributed by atoms with van der Waals surface area (Å²) in [4.78, 5) is 22.8. The minimum atomic E-state index is -0.728. The molecule has 0 radical (unpaired) electrons. The number of benzene rings is 1. The summed E-state index contributed by atoms with van der Waals surface area (Å²) < 4.78 is 13.2. The van der Waals surface area contributed by atoms with Crippen LogP contribution in [0, 0.1) is 27.8 Å². The Hall–Kier alpha value is -1.73. The summed E-state index contributed by atoms with van der Waals surface area (Å²) in [6.07, 6.45) is 4.90. The number of carbonyl (C=O) groups is 1. The summed E-state index contributed by atoms with van der Waals surface area (Å²) in [7, 11) is 0. The molecule has 24 heavy (non-hydrogen) atoms. The van der Waals surface area contributed by atoms with Crippen molar-refractivity contribution in [3.8, 4) is 0 Å². The maximum atomic E-state index is 13.2. The Morgan fingerprint density at radius 1 is 1.29 bits per heavy atom. The minimum absolute atomic E-state index is 0. The fourth-order valence-corrected chi connectivity index (χ4v) is 4.10. The van der Waals surface area contributed by atoms with Gasteiger partial charge in [0.2, 0.25) is 0 Å². The average Bonchev–Trinajstić information content (AvgIpc) is 2.47. The SMILES string of the molecule is Cl.NC1CC2CCCC(C1)C2NC(=O)c1ccc(F)cc1[N+](=O)[O-]. The van der Waals surface area contributed by atoms with Gasteiger partial charge in [0.15, 0.2) is 0 Å². The van der Waals surface area contributed by atoms with Crippen LogP contribution in [-0.4, -0.2) is 22.9 Å². The molecule has 1 aromatic carbocycles. The summed E-state index contributed by atoms with van der Waals surface area (Å²) in [5.41, 5.74) is 5.47. The highest BCUT2D eigenvalue weighted by molar-refractivity contribution is 5.98. The largest absolute Gasteiger partial charge is 0.349 e. The highest BCUT2D eigenvalue weighted by Crippen LogP contribution is 2.39. The molecule has 1 amide bonds. The number of fused-ring (bicyclic) bond motifs is 2. The van der Waals surface area contributed by atoms with Crippen LogP contribution >= 0.6 is 12.4 Å². The van der Waals surface area contributed by atoms with Crippen molar-refractivity contribution < 1.29 is 14.1 Å². The van der Waals surface area contributed by atoms with Gasteiger partial charge in [-0.2, -0.15) is 0 Å². The molecule has 2 bridgehead atoms. The lowest BCUT2D eigenvalue weighted by Gasteiger charge is -2.45. The van der Waals surface area contributed by atoms with Gasteiger partial charge in [0.25, 0.3) is 11.6 Å². The van der Waals surface area contributed by atoms with E-state index in [0.717, 1.165) is 44.2 Å². The maximum absolute atomic E-state index is 13.2. The van der Waals surface area contributed by atoms with E-state index in [1.807, 2.05) is 0 Å². The molecule has 0 saturated heterocycles. The number of rotatable bonds is 3. The maximum Gasteiger partial charge on any atom is 0.285 e. The molecule has 3 N–H and O–H groups in total. The molecule has 6 nitrogen and oxygen atoms in total. The van der Waals surface area contributed by atoms with Crippen molar-refractivity contribution in [3.05, 3.63) is 39.7 Å². The molecular weight excluding hydrogens is 337 g/mol. The van der Waals surface area contributed by atoms with Crippen LogP contribution in [0.15, 0.2) is 18.2 Å². The van der Waals surface area contributed by atoms with Crippen LogP contribution in [0.5, 0.6) is 0 Å². The third-order valence-electron chi connectivity index (χ3n) is 5.08. The molecule has 2 aliphatic rings. The first-order valence-corrected chi connectivity index (χ1v) is 7.96. The molecule has 2 aliphatic carbocycles. The Kier molecular flexibility index (Phi) is 5.77. The zero-order valence-electron chi connectivity index (χ0n) is 13.1. The van der Waals surface area contributed by atoms with E-state index < -0.39 is 22.3 Å². The zero-order valence-corrected chi connectivity index (χ0v) is 13.9. The number of carbonyl (C=O) groups excluding carboxylic acids is 1. The number of hydrogen-bond acceptors (Lipinski definition) is 4. The molecule has 3 rings (SSSR count). The molecule has 2 unspecified atom stereocenters. The average molecular weight is 358 g/mol. The van der Waals surface area contributed by atoms with Gasteiger partial charge >= 0.3 is 0 Å². The van der Waals surface area contributed by atoms with E-state index in [0.29, 0.717) is 11.8 Å². The summed E-state index contributed by atoms with van der Waals surface area (Å²) in [6, 6.07) is 3.19. The lowest BCUT2D eigenvalue weighted by atomic mass is 9.67. The van der Waals surface area contributed by atoms with E-state index in [2.05, 4.69) is 5.32 Å². The van der Waals surface area contributed by atoms with Crippen LogP contribution in [-0.2, 0) is 0 Å². The third kappa shape index (κ3) is 3.67. The topological polar surface area (TPSA) is 98.3 Å². The van der Waals surface area contributed by atoms with Crippen molar-refractivity contribution in [1.82, 2.24) is 5.32 Å². The van der Waals surface area contributed by atoms with Gasteiger partial charge in [-0.3, -0.25) is 14.9 Å². The summed E-state index contributed by atoms with van der Waals surface area (Å²) in [5.74, 6) is -0.593. The van der Waals surface area contributed by atoms with Gasteiger partial charge in [-0.15, -0.1) is 12.4 Å². The number of nitrogens with two attached hydrogens (primary N) is 1. The Morgan fingerprint density at radius 2 is 1.92 bits per heavy atom. The Balaban J connectivity index is 0.00000208. The standard InChI is InChI=1S/C16H20FN3O3.ClH/c17-11-4-5-13(14(8-11)20(22)23)16(21)19-15-9-2-1-3-10(15)7-12(18)6-9;/h4-5,8-10,12,15H,1-3,6-7,18H2,(H,19,21);1H. The third-order valence-corrected chi connectivity index (χ3v) is 5.08. The summed E-state index contributed by atoms with van der Waals surface area (Å²) >= 11 is 0. The first kappa shape index (κ1) is 18.6. The Labute approximate surface area is 145 Å². The van der Waals surface area contributed by atoms with E-state index in [1.165, 1.54) is 6.07 Å². The first-order valence-electron chi connectivity index (χ1n) is 7.96. The minimum Gasteiger partial charge on any atom is -0.349 e. The number of amides is 1. The van der Waals surface area contributed by atoms with Gasteiger partial charge in [0, 0.05) is 12.1 Å². The predicted molar refractivity (Wildman–Crippen MR) is 89.6 cm³/mol. The zero-order chi connectivity index (χ0) is 16.6. The Morgan fingerprint density at radius 3 is 2.50 bits per heavy atom. The molecule has 2 atom stereocenters. The smallest absolute Gasteiger partial charge is 0.285 e. The second kappa shape index (κ2) is 7.44. The monoisotopic (exact) mass is 357 g/mol. The van der Waals surface area contributed by atoms with Crippen LogP contribution < -0.4 is 11.1 Å². The molecule has 0 heterocycles. The lowest BCUT2D eigenvalue weighted by Crippen LogP contribution is -2.53. The first-order chi connectivity index (χ1) is 11.0. The van der Waals surface area contributed by atoms with Gasteiger partial charge in [-0.25, -0.2) is 4.39 Å². The highest BCUT2D eigenvalue weighted by atomic mass is 35.5. The van der Waals surface area contributed by atoms with E-state index >= 15 is 0 Å². The number of hydrogen-bond donors (Lipinski definition) is 2. The number of nitrogens with zero attached hydrogens (tertiary/aromatic N) is 1. The van der Waals surface area contributed by atoms with Crippen molar-refractivity contribution in [2.24, 2.45) is 17.6 Å². The van der Waals surface area contributed by atoms with Gasteiger partial charge < -0.3 is 11.1 Å². The van der Waals surface area contributed by atoms with Crippen LogP contribution in [0.4, 0.5) is 10.1 Å². The van der Waals surface area contributed by atoms with Crippen LogP contribution in [0.3, 0.4) is 0 Å². The van der Waals surface area contributed by atoms with Crippen molar-refractivity contribution in [3.63, 3.8) is 0 Å². The highest BCUT2D eigenvalue weighted by Gasteiger charge is 2.40. The molecular formula is C16H21ClFN3O3. The van der Waals surface area contributed by atoms with Gasteiger partial charge in [-0.1, -0.05) is 6.42 Å². The Bertz CT molecular complexity index is 629. The van der Waals surface area contributed by atoms with E-state index in [9.17, 15) is 19.3 Å². The molecule has 8 heteroatoms. The fourth-order valence-electron chi connectivity index (χ4n) is 4.10.